The van der Waals surface area contributed by atoms with Crippen molar-refractivity contribution in [3.63, 3.8) is 0 Å². The highest BCUT2D eigenvalue weighted by Crippen LogP contribution is 2.16. The van der Waals surface area contributed by atoms with Gasteiger partial charge in [-0.1, -0.05) is 0 Å². The minimum absolute atomic E-state index is 0.159. The highest BCUT2D eigenvalue weighted by Gasteiger charge is 2.53. The van der Waals surface area contributed by atoms with Crippen LogP contribution in [0.2, 0.25) is 0 Å². The van der Waals surface area contributed by atoms with Crippen molar-refractivity contribution in [3.8, 4) is 0 Å². The van der Waals surface area contributed by atoms with Crippen molar-refractivity contribution in [1.82, 2.24) is 4.90 Å². The SMILES string of the molecule is CC(C)(C)OC(=O)N1C[C@@H]2[NH2+][C@@H]2C1. The number of fused-ring (bicyclic) bond motifs is 1. The molecule has 0 saturated carbocycles. The topological polar surface area (TPSA) is 46.1 Å². The van der Waals surface area contributed by atoms with Crippen LogP contribution in [-0.4, -0.2) is 41.8 Å². The Hall–Kier alpha value is -0.770. The van der Waals surface area contributed by atoms with Gasteiger partial charge in [0, 0.05) is 0 Å². The van der Waals surface area contributed by atoms with Crippen molar-refractivity contribution in [2.24, 2.45) is 0 Å². The number of nitrogens with zero attached hydrogens (tertiary/aromatic N) is 1. The number of likely N-dealkylation sites (tertiary alicyclic amines) is 1. The number of hydrogen-bond donors (Lipinski definition) is 1. The maximum Gasteiger partial charge on any atom is 0.410 e. The number of amides is 1. The molecule has 2 aliphatic heterocycles. The molecule has 0 spiro atoms. The largest absolute Gasteiger partial charge is 0.444 e. The zero-order chi connectivity index (χ0) is 9.64. The van der Waals surface area contributed by atoms with Crippen molar-refractivity contribution in [2.75, 3.05) is 13.1 Å². The van der Waals surface area contributed by atoms with E-state index in [1.807, 2.05) is 20.8 Å². The second kappa shape index (κ2) is 2.61. The van der Waals surface area contributed by atoms with E-state index in [1.165, 1.54) is 0 Å². The van der Waals surface area contributed by atoms with Gasteiger partial charge in [-0.05, 0) is 20.8 Å². The van der Waals surface area contributed by atoms with Crippen molar-refractivity contribution >= 4 is 6.09 Å². The molecule has 2 N–H and O–H groups in total. The summed E-state index contributed by atoms with van der Waals surface area (Å²) in [6, 6.07) is 1.32. The molecular formula is C9H17N2O2+. The lowest BCUT2D eigenvalue weighted by Crippen LogP contribution is -2.68. The predicted molar refractivity (Wildman–Crippen MR) is 47.3 cm³/mol. The number of quaternary nitrogens is 1. The van der Waals surface area contributed by atoms with Gasteiger partial charge in [0.1, 0.15) is 5.60 Å². The van der Waals surface area contributed by atoms with Crippen molar-refractivity contribution in [2.45, 2.75) is 38.5 Å². The fourth-order valence-electron chi connectivity index (χ4n) is 1.70. The lowest BCUT2D eigenvalue weighted by Gasteiger charge is -2.24. The number of carbonyl (C=O) groups is 1. The van der Waals surface area contributed by atoms with Crippen LogP contribution in [-0.2, 0) is 4.74 Å². The number of ether oxygens (including phenoxy) is 1. The Kier molecular flexibility index (Phi) is 1.77. The van der Waals surface area contributed by atoms with E-state index in [0.29, 0.717) is 12.1 Å². The first kappa shape index (κ1) is 8.81. The maximum atomic E-state index is 11.5. The molecule has 13 heavy (non-hydrogen) atoms. The van der Waals surface area contributed by atoms with Gasteiger partial charge in [-0.3, -0.25) is 4.90 Å². The standard InChI is InChI=1S/C9H16N2O2/c1-9(2,3)13-8(12)11-4-6-7(5-11)10-6/h6-7,10H,4-5H2,1-3H3/p+1/t6-,7+. The van der Waals surface area contributed by atoms with Gasteiger partial charge in [-0.2, -0.15) is 0 Å². The summed E-state index contributed by atoms with van der Waals surface area (Å²) in [4.78, 5) is 13.3. The minimum atomic E-state index is -0.367. The Bertz CT molecular complexity index is 224. The molecule has 2 aliphatic rings. The third-order valence-corrected chi connectivity index (χ3v) is 2.42. The molecule has 2 saturated heterocycles. The second-order valence-electron chi connectivity index (χ2n) is 4.91. The molecule has 74 valence electrons. The minimum Gasteiger partial charge on any atom is -0.444 e. The van der Waals surface area contributed by atoms with Crippen LogP contribution in [0.15, 0.2) is 0 Å². The van der Waals surface area contributed by atoms with Gasteiger partial charge in [0.2, 0.25) is 0 Å². The second-order valence-corrected chi connectivity index (χ2v) is 4.91. The van der Waals surface area contributed by atoms with Crippen LogP contribution in [0.5, 0.6) is 0 Å². The number of carbonyl (C=O) groups excluding carboxylic acids is 1. The first-order valence-corrected chi connectivity index (χ1v) is 4.78. The van der Waals surface area contributed by atoms with E-state index in [0.717, 1.165) is 13.1 Å². The van der Waals surface area contributed by atoms with Crippen LogP contribution in [0.3, 0.4) is 0 Å². The van der Waals surface area contributed by atoms with Crippen LogP contribution < -0.4 is 5.32 Å². The van der Waals surface area contributed by atoms with Crippen LogP contribution in [0.1, 0.15) is 20.8 Å². The Morgan fingerprint density at radius 2 is 1.92 bits per heavy atom. The van der Waals surface area contributed by atoms with Crippen molar-refractivity contribution < 1.29 is 14.8 Å². The average molecular weight is 185 g/mol. The van der Waals surface area contributed by atoms with E-state index >= 15 is 0 Å². The molecule has 0 aromatic heterocycles. The van der Waals surface area contributed by atoms with Crippen molar-refractivity contribution in [1.29, 1.82) is 0 Å². The molecule has 0 radical (unpaired) electrons. The Morgan fingerprint density at radius 1 is 1.38 bits per heavy atom. The summed E-state index contributed by atoms with van der Waals surface area (Å²) in [5, 5.41) is 2.29. The number of nitrogens with two attached hydrogens (primary N) is 1. The summed E-state index contributed by atoms with van der Waals surface area (Å²) < 4.78 is 5.26. The molecule has 0 aromatic carbocycles. The third-order valence-electron chi connectivity index (χ3n) is 2.42. The van der Waals surface area contributed by atoms with Gasteiger partial charge in [-0.25, -0.2) is 4.79 Å². The Labute approximate surface area is 78.2 Å². The summed E-state index contributed by atoms with van der Waals surface area (Å²) >= 11 is 0. The van der Waals surface area contributed by atoms with Crippen LogP contribution >= 0.6 is 0 Å². The predicted octanol–water partition coefficient (Wildman–Crippen LogP) is -0.449. The quantitative estimate of drug-likeness (QED) is 0.520. The summed E-state index contributed by atoms with van der Waals surface area (Å²) in [6.07, 6.45) is -0.159. The van der Waals surface area contributed by atoms with E-state index in [4.69, 9.17) is 4.74 Å². The van der Waals surface area contributed by atoms with Gasteiger partial charge in [-0.15, -0.1) is 0 Å². The molecule has 0 bridgehead atoms. The fourth-order valence-corrected chi connectivity index (χ4v) is 1.70. The lowest BCUT2D eigenvalue weighted by molar-refractivity contribution is -0.523. The molecule has 2 heterocycles. The summed E-state index contributed by atoms with van der Waals surface area (Å²) in [5.74, 6) is 0. The first-order valence-electron chi connectivity index (χ1n) is 4.78. The van der Waals surface area contributed by atoms with Crippen LogP contribution in [0, 0.1) is 0 Å². The smallest absolute Gasteiger partial charge is 0.410 e. The fraction of sp³-hybridized carbons (Fsp3) is 0.889. The molecule has 2 fully saturated rings. The van der Waals surface area contributed by atoms with E-state index in [2.05, 4.69) is 5.32 Å². The molecule has 0 aliphatic carbocycles. The number of piperazine rings is 1. The van der Waals surface area contributed by atoms with E-state index in [9.17, 15) is 4.79 Å². The van der Waals surface area contributed by atoms with E-state index in [-0.39, 0.29) is 11.7 Å². The van der Waals surface area contributed by atoms with E-state index in [1.54, 1.807) is 4.90 Å². The van der Waals surface area contributed by atoms with Gasteiger partial charge < -0.3 is 10.1 Å². The lowest BCUT2D eigenvalue weighted by atomic mass is 10.2. The molecule has 4 nitrogen and oxygen atoms in total. The average Bonchev–Trinajstić information content (AvgIpc) is 2.55. The highest BCUT2D eigenvalue weighted by atomic mass is 16.6. The number of rotatable bonds is 0. The summed E-state index contributed by atoms with van der Waals surface area (Å²) in [6.45, 7) is 7.41. The molecule has 4 heteroatoms. The van der Waals surface area contributed by atoms with Crippen LogP contribution in [0.4, 0.5) is 4.79 Å². The van der Waals surface area contributed by atoms with Gasteiger partial charge in [0.25, 0.3) is 0 Å². The Balaban J connectivity index is 1.84. The monoisotopic (exact) mass is 185 g/mol. The van der Waals surface area contributed by atoms with Gasteiger partial charge >= 0.3 is 6.09 Å². The highest BCUT2D eigenvalue weighted by molar-refractivity contribution is 5.68. The molecule has 2 atom stereocenters. The summed E-state index contributed by atoms with van der Waals surface area (Å²) in [7, 11) is 0. The normalized spacial score (nSPS) is 31.5. The third kappa shape index (κ3) is 1.94. The van der Waals surface area contributed by atoms with Crippen LogP contribution in [0.25, 0.3) is 0 Å². The summed E-state index contributed by atoms with van der Waals surface area (Å²) in [5.41, 5.74) is -0.367. The molecule has 0 aromatic rings. The molecule has 2 rings (SSSR count). The first-order chi connectivity index (χ1) is 5.96. The molecule has 1 amide bonds. The van der Waals surface area contributed by atoms with Gasteiger partial charge in [0.05, 0.1) is 13.1 Å². The Morgan fingerprint density at radius 3 is 2.38 bits per heavy atom. The van der Waals surface area contributed by atoms with Gasteiger partial charge in [0.15, 0.2) is 12.1 Å². The van der Waals surface area contributed by atoms with Crippen molar-refractivity contribution in [3.05, 3.63) is 0 Å². The number of hydrogen-bond acceptors (Lipinski definition) is 2. The van der Waals surface area contributed by atoms with E-state index < -0.39 is 0 Å². The zero-order valence-electron chi connectivity index (χ0n) is 8.41. The molecule has 0 unspecified atom stereocenters. The zero-order valence-corrected chi connectivity index (χ0v) is 8.41. The maximum absolute atomic E-state index is 11.5. The molecular weight excluding hydrogens is 168 g/mol.